The van der Waals surface area contributed by atoms with Gasteiger partial charge in [-0.25, -0.2) is 24.7 Å². The van der Waals surface area contributed by atoms with E-state index < -0.39 is 11.9 Å². The number of hydroxylamine groups is 1. The highest BCUT2D eigenvalue weighted by Crippen LogP contribution is 2.35. The van der Waals surface area contributed by atoms with Crippen LogP contribution in [0.2, 0.25) is 0 Å². The molecule has 76 heavy (non-hydrogen) atoms. The maximum absolute atomic E-state index is 12.8. The number of amides is 5. The van der Waals surface area contributed by atoms with E-state index in [4.69, 9.17) is 28.9 Å². The van der Waals surface area contributed by atoms with Crippen LogP contribution in [0.25, 0.3) is 0 Å². The molecule has 17 nitrogen and oxygen atoms in total. The zero-order valence-corrected chi connectivity index (χ0v) is 46.1. The third-order valence-corrected chi connectivity index (χ3v) is 12.4. The van der Waals surface area contributed by atoms with Crippen LogP contribution >= 0.6 is 40.5 Å². The van der Waals surface area contributed by atoms with Crippen molar-refractivity contribution in [1.82, 2.24) is 30.4 Å². The van der Waals surface area contributed by atoms with E-state index in [-0.39, 0.29) is 88.8 Å². The Morgan fingerprint density at radius 2 is 0.895 bits per heavy atom. The number of esters is 2. The Kier molecular flexibility index (Phi) is 23.4. The lowest BCUT2D eigenvalue weighted by atomic mass is 10.1. The molecule has 9 rings (SSSR count). The van der Waals surface area contributed by atoms with E-state index in [1.54, 1.807) is 90.8 Å². The molecule has 3 heterocycles. The average Bonchev–Trinajstić information content (AvgIpc) is 3.86. The Hall–Kier alpha value is -7.36. The summed E-state index contributed by atoms with van der Waals surface area (Å²) >= 11 is 0. The van der Waals surface area contributed by atoms with Crippen LogP contribution in [0.5, 0.6) is 17.2 Å². The Labute approximate surface area is 464 Å². The fourth-order valence-electron chi connectivity index (χ4n) is 8.46. The van der Waals surface area contributed by atoms with E-state index in [1.165, 1.54) is 24.7 Å². The summed E-state index contributed by atoms with van der Waals surface area (Å²) in [7, 11) is 9.62. The first-order valence-electron chi connectivity index (χ1n) is 23.5. The van der Waals surface area contributed by atoms with Gasteiger partial charge in [0, 0.05) is 57.0 Å². The fourth-order valence-corrected chi connectivity index (χ4v) is 8.46. The Morgan fingerprint density at radius 1 is 0.526 bits per heavy atom. The highest BCUT2D eigenvalue weighted by Gasteiger charge is 2.33. The standard InChI is InChI=1S/C20H22N2O4.C19H21N3O4.C17H17NO3.3H2S/c1-21(2)20(24)22-12-16-10-9-15(19(23)25-3)11-18(16)26-13-17(22)14-7-5-4-6-8-14;1-21(2)19(24)22-11-15-9-8-14(18(23)20-25)10-17(15)26-12-16(22)13-6-4-3-5-7-13;1-20-17(19)13-7-8-14-10-18-15(11-21-16(14)9-13)12-5-3-2-4-6-12;;;/h4-11,17H,12-13H2,1-3H3;3-10,16,25H,11-12H2,1-2H3,(H,20,23);2-9,15,18H,10-11H2,1H3;3*1H2/t17-;16-;15-;;;/m111.../s1. The zero-order valence-electron chi connectivity index (χ0n) is 43.1. The summed E-state index contributed by atoms with van der Waals surface area (Å²) in [5.74, 6) is 0.494. The van der Waals surface area contributed by atoms with Gasteiger partial charge in [0.2, 0.25) is 0 Å². The number of fused-ring (bicyclic) bond motifs is 3. The molecule has 0 spiro atoms. The summed E-state index contributed by atoms with van der Waals surface area (Å²) < 4.78 is 27.3. The minimum Gasteiger partial charge on any atom is -0.491 e. The van der Waals surface area contributed by atoms with Gasteiger partial charge in [-0.05, 0) is 53.1 Å². The SMILES string of the molecule is CN(C)C(=O)N1Cc2ccc(C(=O)NO)cc2OC[C@@H]1c1ccccc1.COC(=O)c1ccc2c(c1)OC[C@H](c1ccccc1)N(C(=O)N(C)C)C2.COC(=O)c1ccc2c(c1)OC[C@H](c1ccccc1)NC2.S.S.S. The van der Waals surface area contributed by atoms with E-state index in [1.807, 2.05) is 91.0 Å². The fraction of sp³-hybridized carbons (Fsp3) is 0.268. The maximum atomic E-state index is 12.8. The molecule has 3 N–H and O–H groups in total. The predicted octanol–water partition coefficient (Wildman–Crippen LogP) is 8.55. The van der Waals surface area contributed by atoms with Gasteiger partial charge >= 0.3 is 24.0 Å². The van der Waals surface area contributed by atoms with Crippen molar-refractivity contribution in [3.63, 3.8) is 0 Å². The van der Waals surface area contributed by atoms with Gasteiger partial charge in [-0.1, -0.05) is 109 Å². The van der Waals surface area contributed by atoms with E-state index >= 15 is 0 Å². The van der Waals surface area contributed by atoms with Gasteiger partial charge in [-0.15, -0.1) is 0 Å². The summed E-state index contributed by atoms with van der Waals surface area (Å²) in [6, 6.07) is 44.6. The molecule has 5 amide bonds. The molecule has 3 aliphatic rings. The largest absolute Gasteiger partial charge is 0.491 e. The molecule has 20 heteroatoms. The number of nitrogens with zero attached hydrogens (tertiary/aromatic N) is 4. The highest BCUT2D eigenvalue weighted by molar-refractivity contribution is 7.59. The van der Waals surface area contributed by atoms with Gasteiger partial charge in [0.1, 0.15) is 37.1 Å². The van der Waals surface area contributed by atoms with Crippen molar-refractivity contribution in [3.8, 4) is 17.2 Å². The molecule has 0 fully saturated rings. The molecule has 0 aliphatic carbocycles. The molecule has 0 unspecified atom stereocenters. The van der Waals surface area contributed by atoms with Crippen LogP contribution in [0, 0.1) is 0 Å². The second-order valence-electron chi connectivity index (χ2n) is 17.6. The number of hydrogen-bond donors (Lipinski definition) is 3. The van der Waals surface area contributed by atoms with Gasteiger partial charge in [0.05, 0.1) is 56.6 Å². The molecular formula is C56H66N6O11S3. The maximum Gasteiger partial charge on any atom is 0.337 e. The normalized spacial score (nSPS) is 15.8. The summed E-state index contributed by atoms with van der Waals surface area (Å²) in [5, 5.41) is 12.3. The molecular weight excluding hydrogens is 1030 g/mol. The van der Waals surface area contributed by atoms with E-state index in [2.05, 4.69) is 17.4 Å². The zero-order chi connectivity index (χ0) is 52.0. The topological polar surface area (TPSA) is 189 Å². The minimum absolute atomic E-state index is 0. The van der Waals surface area contributed by atoms with Crippen LogP contribution in [0.15, 0.2) is 146 Å². The Morgan fingerprint density at radius 3 is 1.30 bits per heavy atom. The van der Waals surface area contributed by atoms with Gasteiger partial charge in [-0.2, -0.15) is 40.5 Å². The van der Waals surface area contributed by atoms with E-state index in [9.17, 15) is 24.0 Å². The van der Waals surface area contributed by atoms with Crippen molar-refractivity contribution in [2.45, 2.75) is 37.8 Å². The molecule has 6 aromatic rings. The second-order valence-corrected chi connectivity index (χ2v) is 17.6. The molecule has 3 atom stereocenters. The smallest absolute Gasteiger partial charge is 0.337 e. The quantitative estimate of drug-likeness (QED) is 0.0821. The molecule has 404 valence electrons. The number of ether oxygens (including phenoxy) is 5. The predicted molar refractivity (Wildman–Crippen MR) is 303 cm³/mol. The molecule has 0 aromatic heterocycles. The van der Waals surface area contributed by atoms with E-state index in [0.717, 1.165) is 33.6 Å². The molecule has 6 aromatic carbocycles. The number of carbonyl (C=O) groups excluding carboxylic acids is 5. The van der Waals surface area contributed by atoms with Crippen molar-refractivity contribution in [3.05, 3.63) is 196 Å². The van der Waals surface area contributed by atoms with Crippen molar-refractivity contribution >= 4 is 70.4 Å². The number of methoxy groups -OCH3 is 2. The lowest BCUT2D eigenvalue weighted by molar-refractivity contribution is 0.0591. The average molecular weight is 1100 g/mol. The number of rotatable bonds is 6. The van der Waals surface area contributed by atoms with Crippen LogP contribution in [0.4, 0.5) is 9.59 Å². The number of nitrogens with one attached hydrogen (secondary N) is 2. The lowest BCUT2D eigenvalue weighted by Crippen LogP contribution is -2.42. The van der Waals surface area contributed by atoms with Gasteiger partial charge in [-0.3, -0.25) is 10.0 Å². The molecule has 0 saturated carbocycles. The summed E-state index contributed by atoms with van der Waals surface area (Å²) in [4.78, 5) is 67.2. The molecule has 0 radical (unpaired) electrons. The number of carbonyl (C=O) groups is 5. The van der Waals surface area contributed by atoms with Crippen LogP contribution in [0.3, 0.4) is 0 Å². The number of hydrogen-bond acceptors (Lipinski definition) is 12. The Bertz CT molecular complexity index is 2750. The van der Waals surface area contributed by atoms with Crippen molar-refractivity contribution < 1.29 is 52.9 Å². The first-order chi connectivity index (χ1) is 35.3. The summed E-state index contributed by atoms with van der Waals surface area (Å²) in [5.41, 5.74) is 8.70. The van der Waals surface area contributed by atoms with Crippen LogP contribution < -0.4 is 25.0 Å². The first kappa shape index (κ1) is 61.2. The van der Waals surface area contributed by atoms with Crippen molar-refractivity contribution in [2.75, 3.05) is 62.2 Å². The minimum atomic E-state index is -0.610. The third kappa shape index (κ3) is 15.2. The monoisotopic (exact) mass is 1090 g/mol. The molecule has 0 bridgehead atoms. The first-order valence-corrected chi connectivity index (χ1v) is 23.5. The third-order valence-electron chi connectivity index (χ3n) is 12.4. The molecule has 3 aliphatic heterocycles. The lowest BCUT2D eigenvalue weighted by Gasteiger charge is -2.31. The molecule has 0 saturated heterocycles. The second kappa shape index (κ2) is 29.1. The highest BCUT2D eigenvalue weighted by atomic mass is 32.1. The van der Waals surface area contributed by atoms with E-state index in [0.29, 0.717) is 55.5 Å². The van der Waals surface area contributed by atoms with Gasteiger partial charge < -0.3 is 48.6 Å². The van der Waals surface area contributed by atoms with Crippen molar-refractivity contribution in [2.24, 2.45) is 0 Å². The summed E-state index contributed by atoms with van der Waals surface area (Å²) in [6.07, 6.45) is 0. The van der Waals surface area contributed by atoms with Crippen molar-refractivity contribution in [1.29, 1.82) is 0 Å². The van der Waals surface area contributed by atoms with Gasteiger partial charge in [0.15, 0.2) is 0 Å². The van der Waals surface area contributed by atoms with Gasteiger partial charge in [0.25, 0.3) is 5.91 Å². The van der Waals surface area contributed by atoms with Crippen LogP contribution in [0.1, 0.15) is 82.6 Å². The number of benzene rings is 6. The summed E-state index contributed by atoms with van der Waals surface area (Å²) in [6.45, 7) is 2.56. The number of urea groups is 2. The van der Waals surface area contributed by atoms with Crippen LogP contribution in [-0.2, 0) is 29.1 Å². The van der Waals surface area contributed by atoms with Crippen LogP contribution in [-0.4, -0.2) is 117 Å². The Balaban J connectivity index is 0.000000243.